The monoisotopic (exact) mass is 282 g/mol. The molecule has 2 aliphatic rings. The Labute approximate surface area is 124 Å². The Kier molecular flexibility index (Phi) is 3.08. The number of rotatable bonds is 4. The third-order valence-electron chi connectivity index (χ3n) is 4.17. The number of aliphatic hydroxyl groups excluding tert-OH is 1. The standard InChI is InChI=1S/C18H18O3/c19-18(16-11-20-17-4-2-1-3-15(16)17)12-5-7-13(8-6-12)21-14-9-10-14/h1-8,14,16,18-19H,9-11H2. The van der Waals surface area contributed by atoms with Crippen LogP contribution in [0.2, 0.25) is 0 Å². The normalized spacial score (nSPS) is 21.5. The van der Waals surface area contributed by atoms with Crippen LogP contribution >= 0.6 is 0 Å². The summed E-state index contributed by atoms with van der Waals surface area (Å²) in [5.74, 6) is 1.77. The van der Waals surface area contributed by atoms with Crippen molar-refractivity contribution in [2.75, 3.05) is 6.61 Å². The van der Waals surface area contributed by atoms with Gasteiger partial charge in [-0.3, -0.25) is 0 Å². The van der Waals surface area contributed by atoms with Crippen molar-refractivity contribution in [3.63, 3.8) is 0 Å². The molecule has 1 aliphatic carbocycles. The van der Waals surface area contributed by atoms with Gasteiger partial charge in [0.25, 0.3) is 0 Å². The first-order valence-corrected chi connectivity index (χ1v) is 7.47. The van der Waals surface area contributed by atoms with E-state index in [2.05, 4.69) is 0 Å². The van der Waals surface area contributed by atoms with Crippen LogP contribution in [-0.2, 0) is 0 Å². The van der Waals surface area contributed by atoms with E-state index in [-0.39, 0.29) is 5.92 Å². The number of benzene rings is 2. The summed E-state index contributed by atoms with van der Waals surface area (Å²) >= 11 is 0. The highest BCUT2D eigenvalue weighted by atomic mass is 16.5. The molecule has 0 saturated heterocycles. The maximum absolute atomic E-state index is 10.6. The molecule has 1 aliphatic heterocycles. The van der Waals surface area contributed by atoms with Gasteiger partial charge >= 0.3 is 0 Å². The fourth-order valence-electron chi connectivity index (χ4n) is 2.80. The van der Waals surface area contributed by atoms with E-state index >= 15 is 0 Å². The van der Waals surface area contributed by atoms with Gasteiger partial charge in [0, 0.05) is 5.56 Å². The van der Waals surface area contributed by atoms with Crippen LogP contribution < -0.4 is 9.47 Å². The maximum atomic E-state index is 10.6. The number of fused-ring (bicyclic) bond motifs is 1. The summed E-state index contributed by atoms with van der Waals surface area (Å²) in [6, 6.07) is 15.7. The van der Waals surface area contributed by atoms with Gasteiger partial charge < -0.3 is 14.6 Å². The van der Waals surface area contributed by atoms with Gasteiger partial charge in [0.05, 0.1) is 24.7 Å². The average molecular weight is 282 g/mol. The molecule has 21 heavy (non-hydrogen) atoms. The van der Waals surface area contributed by atoms with E-state index in [0.717, 1.165) is 35.5 Å². The molecule has 1 heterocycles. The van der Waals surface area contributed by atoms with Gasteiger partial charge in [-0.1, -0.05) is 30.3 Å². The summed E-state index contributed by atoms with van der Waals surface area (Å²) in [6.45, 7) is 0.529. The highest BCUT2D eigenvalue weighted by Gasteiger charge is 2.31. The van der Waals surface area contributed by atoms with Gasteiger partial charge in [0.15, 0.2) is 0 Å². The zero-order valence-electron chi connectivity index (χ0n) is 11.7. The predicted octanol–water partition coefficient (Wildman–Crippen LogP) is 3.44. The molecule has 1 saturated carbocycles. The SMILES string of the molecule is OC(c1ccc(OC2CC2)cc1)C1COc2ccccc21. The van der Waals surface area contributed by atoms with Gasteiger partial charge in [0.2, 0.25) is 0 Å². The minimum absolute atomic E-state index is 0.00333. The van der Waals surface area contributed by atoms with Crippen molar-refractivity contribution >= 4 is 0 Å². The third-order valence-corrected chi connectivity index (χ3v) is 4.17. The van der Waals surface area contributed by atoms with Crippen molar-refractivity contribution < 1.29 is 14.6 Å². The molecule has 0 aromatic heterocycles. The maximum Gasteiger partial charge on any atom is 0.123 e. The van der Waals surface area contributed by atoms with Gasteiger partial charge in [-0.15, -0.1) is 0 Å². The predicted molar refractivity (Wildman–Crippen MR) is 79.7 cm³/mol. The van der Waals surface area contributed by atoms with Crippen LogP contribution in [0.5, 0.6) is 11.5 Å². The van der Waals surface area contributed by atoms with E-state index in [1.165, 1.54) is 0 Å². The van der Waals surface area contributed by atoms with Gasteiger partial charge in [-0.2, -0.15) is 0 Å². The number of hydrogen-bond acceptors (Lipinski definition) is 3. The first-order valence-electron chi connectivity index (χ1n) is 7.47. The number of para-hydroxylation sites is 1. The topological polar surface area (TPSA) is 38.7 Å². The first-order chi connectivity index (χ1) is 10.3. The van der Waals surface area contributed by atoms with E-state index < -0.39 is 6.10 Å². The lowest BCUT2D eigenvalue weighted by Crippen LogP contribution is -2.12. The molecule has 108 valence electrons. The molecule has 3 nitrogen and oxygen atoms in total. The van der Waals surface area contributed by atoms with Crippen LogP contribution in [0.1, 0.15) is 36.0 Å². The van der Waals surface area contributed by atoms with E-state index in [0.29, 0.717) is 12.7 Å². The molecule has 4 rings (SSSR count). The second-order valence-electron chi connectivity index (χ2n) is 5.79. The molecule has 1 fully saturated rings. The van der Waals surface area contributed by atoms with Crippen LogP contribution in [0.15, 0.2) is 48.5 Å². The molecule has 2 unspecified atom stereocenters. The summed E-state index contributed by atoms with van der Waals surface area (Å²) in [6.07, 6.45) is 2.15. The average Bonchev–Trinajstić information content (AvgIpc) is 3.23. The van der Waals surface area contributed by atoms with E-state index in [1.807, 2.05) is 48.5 Å². The lowest BCUT2D eigenvalue weighted by molar-refractivity contribution is 0.130. The van der Waals surface area contributed by atoms with E-state index in [9.17, 15) is 5.11 Å². The fourth-order valence-corrected chi connectivity index (χ4v) is 2.80. The highest BCUT2D eigenvalue weighted by molar-refractivity contribution is 5.42. The molecule has 0 radical (unpaired) electrons. The Balaban J connectivity index is 1.53. The number of aliphatic hydroxyl groups is 1. The molecule has 2 aromatic carbocycles. The molecular formula is C18H18O3. The molecule has 0 amide bonds. The number of hydrogen-bond donors (Lipinski definition) is 1. The van der Waals surface area contributed by atoms with Crippen LogP contribution in [-0.4, -0.2) is 17.8 Å². The molecule has 3 heteroatoms. The van der Waals surface area contributed by atoms with E-state index in [4.69, 9.17) is 9.47 Å². The molecular weight excluding hydrogens is 264 g/mol. The fraction of sp³-hybridized carbons (Fsp3) is 0.333. The minimum atomic E-state index is -0.552. The second-order valence-corrected chi connectivity index (χ2v) is 5.79. The van der Waals surface area contributed by atoms with Crippen molar-refractivity contribution in [2.24, 2.45) is 0 Å². The molecule has 0 spiro atoms. The smallest absolute Gasteiger partial charge is 0.123 e. The Hall–Kier alpha value is -2.00. The van der Waals surface area contributed by atoms with Crippen LogP contribution in [0.3, 0.4) is 0 Å². The van der Waals surface area contributed by atoms with Crippen molar-refractivity contribution in [2.45, 2.75) is 31.0 Å². The van der Waals surface area contributed by atoms with Crippen LogP contribution in [0.25, 0.3) is 0 Å². The first kappa shape index (κ1) is 12.7. The Morgan fingerprint density at radius 3 is 2.57 bits per heavy atom. The molecule has 1 N–H and O–H groups in total. The zero-order valence-corrected chi connectivity index (χ0v) is 11.7. The minimum Gasteiger partial charge on any atom is -0.493 e. The van der Waals surface area contributed by atoms with Crippen LogP contribution in [0.4, 0.5) is 0 Å². The Morgan fingerprint density at radius 2 is 1.81 bits per heavy atom. The van der Waals surface area contributed by atoms with Crippen molar-refractivity contribution in [3.8, 4) is 11.5 Å². The summed E-state index contributed by atoms with van der Waals surface area (Å²) in [4.78, 5) is 0. The van der Waals surface area contributed by atoms with Gasteiger partial charge in [0.1, 0.15) is 11.5 Å². The lowest BCUT2D eigenvalue weighted by atomic mass is 9.91. The Morgan fingerprint density at radius 1 is 1.05 bits per heavy atom. The number of ether oxygens (including phenoxy) is 2. The third kappa shape index (κ3) is 2.49. The summed E-state index contributed by atoms with van der Waals surface area (Å²) < 4.78 is 11.4. The van der Waals surface area contributed by atoms with Crippen molar-refractivity contribution in [3.05, 3.63) is 59.7 Å². The lowest BCUT2D eigenvalue weighted by Gasteiger charge is -2.18. The quantitative estimate of drug-likeness (QED) is 0.933. The van der Waals surface area contributed by atoms with Gasteiger partial charge in [-0.05, 0) is 36.6 Å². The largest absolute Gasteiger partial charge is 0.493 e. The summed E-state index contributed by atoms with van der Waals surface area (Å²) in [7, 11) is 0. The van der Waals surface area contributed by atoms with Gasteiger partial charge in [-0.25, -0.2) is 0 Å². The van der Waals surface area contributed by atoms with Crippen molar-refractivity contribution in [1.82, 2.24) is 0 Å². The Bertz CT molecular complexity index is 631. The molecule has 2 atom stereocenters. The molecule has 2 aromatic rings. The summed E-state index contributed by atoms with van der Waals surface area (Å²) in [5, 5.41) is 10.6. The molecule has 0 bridgehead atoms. The van der Waals surface area contributed by atoms with E-state index in [1.54, 1.807) is 0 Å². The zero-order chi connectivity index (χ0) is 14.2. The second kappa shape index (κ2) is 5.08. The summed E-state index contributed by atoms with van der Waals surface area (Å²) in [5.41, 5.74) is 1.99. The van der Waals surface area contributed by atoms with Crippen LogP contribution in [0, 0.1) is 0 Å². The van der Waals surface area contributed by atoms with Crippen molar-refractivity contribution in [1.29, 1.82) is 0 Å². The highest BCUT2D eigenvalue weighted by Crippen LogP contribution is 2.41.